The number of aryl methyl sites for hydroxylation is 1. The lowest BCUT2D eigenvalue weighted by Gasteiger charge is -2.42. The Morgan fingerprint density at radius 1 is 1.00 bits per heavy atom. The number of aliphatic hydroxyl groups is 1. The molecule has 0 unspecified atom stereocenters. The van der Waals surface area contributed by atoms with Gasteiger partial charge < -0.3 is 29.6 Å². The molecule has 12 nitrogen and oxygen atoms in total. The molecule has 5 heterocycles. The number of hydrogen-bond acceptors (Lipinski definition) is 9. The Morgan fingerprint density at radius 2 is 1.78 bits per heavy atom. The van der Waals surface area contributed by atoms with Gasteiger partial charge in [-0.25, -0.2) is 0 Å². The zero-order valence-corrected chi connectivity index (χ0v) is 34.1. The molecule has 1 amide bonds. The van der Waals surface area contributed by atoms with Crippen LogP contribution in [0.4, 0.5) is 5.82 Å². The van der Waals surface area contributed by atoms with Gasteiger partial charge in [-0.2, -0.15) is 5.26 Å². The van der Waals surface area contributed by atoms with E-state index in [1.165, 1.54) is 12.0 Å². The van der Waals surface area contributed by atoms with Crippen LogP contribution in [0.2, 0.25) is 5.02 Å². The number of fused-ring (bicyclic) bond motifs is 1. The van der Waals surface area contributed by atoms with Crippen molar-refractivity contribution in [2.45, 2.75) is 83.1 Å². The number of H-pyrrole nitrogens is 1. The first-order valence-corrected chi connectivity index (χ1v) is 20.8. The van der Waals surface area contributed by atoms with E-state index in [-0.39, 0.29) is 23.6 Å². The Bertz CT molecular complexity index is 2380. The molecule has 3 fully saturated rings. The van der Waals surface area contributed by atoms with Gasteiger partial charge in [-0.1, -0.05) is 23.7 Å². The van der Waals surface area contributed by atoms with Gasteiger partial charge in [0.15, 0.2) is 11.5 Å². The number of carbonyl (C=O) groups excluding carboxylic acids is 1. The third kappa shape index (κ3) is 8.63. The van der Waals surface area contributed by atoms with Crippen molar-refractivity contribution in [3.8, 4) is 22.9 Å². The molecule has 5 aromatic rings. The molecule has 0 spiro atoms. The number of halogens is 1. The monoisotopic (exact) mass is 802 g/mol. The molecule has 1 saturated carbocycles. The number of piperidine rings is 1. The maximum absolute atomic E-state index is 13.0. The standard InChI is InChI=1S/C45H51ClN8O4/c1-45(2,57)32-6-4-31(37(21-32)38-27-52(3)44(56)42-36(38)14-17-48-42)26-53-24-29(25-53)20-28-15-18-54(19-16-28)41-13-12-40(50-51-41)43(55)49-33-7-10-34(11-8-33)58-35-9-5-30(23-47)39(46)22-35/h4-6,9,12-14,17,21-22,27-29,33-34,48,57H,7-8,10-11,15-16,18-20,24-26H2,1-3H3,(H,49,55)/t33-,34-. The largest absolute Gasteiger partial charge is 0.490 e. The molecule has 2 aromatic carbocycles. The molecule has 0 atom stereocenters. The van der Waals surface area contributed by atoms with Crippen LogP contribution in [0.15, 0.2) is 71.8 Å². The number of ether oxygens (including phenoxy) is 1. The van der Waals surface area contributed by atoms with Gasteiger partial charge in [0, 0.05) is 75.2 Å². The quantitative estimate of drug-likeness (QED) is 0.129. The number of rotatable bonds is 11. The van der Waals surface area contributed by atoms with E-state index in [4.69, 9.17) is 21.6 Å². The summed E-state index contributed by atoms with van der Waals surface area (Å²) in [5, 5.41) is 33.1. The molecule has 58 heavy (non-hydrogen) atoms. The molecule has 0 bridgehead atoms. The Labute approximate surface area is 343 Å². The van der Waals surface area contributed by atoms with Crippen molar-refractivity contribution < 1.29 is 14.6 Å². The minimum atomic E-state index is -0.987. The van der Waals surface area contributed by atoms with E-state index in [1.54, 1.807) is 49.7 Å². The van der Waals surface area contributed by atoms with Crippen molar-refractivity contribution in [3.05, 3.63) is 105 Å². The first-order chi connectivity index (χ1) is 27.9. The molecule has 3 N–H and O–H groups in total. The molecule has 2 saturated heterocycles. The number of nitriles is 1. The maximum atomic E-state index is 13.0. The number of likely N-dealkylation sites (tertiary alicyclic amines) is 1. The van der Waals surface area contributed by atoms with E-state index in [2.05, 4.69) is 48.5 Å². The summed E-state index contributed by atoms with van der Waals surface area (Å²) >= 11 is 6.16. The highest BCUT2D eigenvalue weighted by molar-refractivity contribution is 6.31. The van der Waals surface area contributed by atoms with E-state index in [0.717, 1.165) is 99.1 Å². The first kappa shape index (κ1) is 39.6. The number of carbonyl (C=O) groups is 1. The van der Waals surface area contributed by atoms with Crippen molar-refractivity contribution in [1.29, 1.82) is 5.26 Å². The van der Waals surface area contributed by atoms with E-state index < -0.39 is 5.60 Å². The summed E-state index contributed by atoms with van der Waals surface area (Å²) in [6, 6.07) is 19.1. The SMILES string of the molecule is Cn1cc(-c2cc(C(C)(C)O)ccc2CN2CC(CC3CCN(c4ccc(C(=O)N[C@H]5CC[C@H](Oc6ccc(C#N)c(Cl)c6)CC5)nn4)CC3)C2)c2cc[nH]c2c1=O. The number of hydrogen-bond donors (Lipinski definition) is 3. The van der Waals surface area contributed by atoms with E-state index >= 15 is 0 Å². The number of aromatic nitrogens is 4. The van der Waals surface area contributed by atoms with Gasteiger partial charge in [0.05, 0.1) is 22.3 Å². The predicted octanol–water partition coefficient (Wildman–Crippen LogP) is 6.93. The second kappa shape index (κ2) is 16.6. The highest BCUT2D eigenvalue weighted by Gasteiger charge is 2.32. The Morgan fingerprint density at radius 3 is 2.47 bits per heavy atom. The van der Waals surface area contributed by atoms with Gasteiger partial charge in [0.25, 0.3) is 11.5 Å². The number of aromatic amines is 1. The molecule has 3 aromatic heterocycles. The van der Waals surface area contributed by atoms with Crippen LogP contribution in [0.25, 0.3) is 22.0 Å². The normalized spacial score (nSPS) is 19.5. The van der Waals surface area contributed by atoms with Gasteiger partial charge in [0.1, 0.15) is 17.3 Å². The van der Waals surface area contributed by atoms with Gasteiger partial charge in [-0.15, -0.1) is 10.2 Å². The minimum Gasteiger partial charge on any atom is -0.490 e. The van der Waals surface area contributed by atoms with Crippen LogP contribution in [0, 0.1) is 23.2 Å². The second-order valence-electron chi connectivity index (χ2n) is 17.0. The van der Waals surface area contributed by atoms with Gasteiger partial charge in [-0.05, 0) is 124 Å². The van der Waals surface area contributed by atoms with Crippen LogP contribution >= 0.6 is 11.6 Å². The molecule has 2 aliphatic heterocycles. The van der Waals surface area contributed by atoms with E-state index in [1.807, 2.05) is 30.6 Å². The zero-order chi connectivity index (χ0) is 40.6. The third-order valence-corrected chi connectivity index (χ3v) is 12.6. The molecule has 8 rings (SSSR count). The Hall–Kier alpha value is -5.22. The zero-order valence-electron chi connectivity index (χ0n) is 33.4. The van der Waals surface area contributed by atoms with Crippen LogP contribution < -0.4 is 20.5 Å². The Kier molecular flexibility index (Phi) is 11.3. The molecule has 3 aliphatic rings. The number of pyridine rings is 1. The van der Waals surface area contributed by atoms with Crippen molar-refractivity contribution in [3.63, 3.8) is 0 Å². The lowest BCUT2D eigenvalue weighted by Crippen LogP contribution is -2.47. The van der Waals surface area contributed by atoms with Crippen LogP contribution in [0.5, 0.6) is 5.75 Å². The predicted molar refractivity (Wildman–Crippen MR) is 225 cm³/mol. The fourth-order valence-corrected chi connectivity index (χ4v) is 9.16. The molecular formula is C45H51ClN8O4. The minimum absolute atomic E-state index is 0.0323. The molecule has 13 heteroatoms. The number of nitrogens with zero attached hydrogens (tertiary/aromatic N) is 6. The fourth-order valence-electron chi connectivity index (χ4n) is 8.95. The van der Waals surface area contributed by atoms with Gasteiger partial charge >= 0.3 is 0 Å². The third-order valence-electron chi connectivity index (χ3n) is 12.3. The number of benzene rings is 2. The van der Waals surface area contributed by atoms with Crippen molar-refractivity contribution in [2.75, 3.05) is 31.1 Å². The summed E-state index contributed by atoms with van der Waals surface area (Å²) in [5.41, 5.74) is 4.36. The average molecular weight is 803 g/mol. The summed E-state index contributed by atoms with van der Waals surface area (Å²) in [4.78, 5) is 33.8. The summed E-state index contributed by atoms with van der Waals surface area (Å²) in [6.45, 7) is 8.37. The highest BCUT2D eigenvalue weighted by Crippen LogP contribution is 2.36. The van der Waals surface area contributed by atoms with Crippen molar-refractivity contribution in [1.82, 2.24) is 30.0 Å². The topological polar surface area (TPSA) is 152 Å². The molecule has 1 aliphatic carbocycles. The molecule has 302 valence electrons. The summed E-state index contributed by atoms with van der Waals surface area (Å²) in [5.74, 6) is 2.58. The fraction of sp³-hybridized carbons (Fsp3) is 0.444. The van der Waals surface area contributed by atoms with Crippen LogP contribution in [-0.2, 0) is 19.2 Å². The second-order valence-corrected chi connectivity index (χ2v) is 17.4. The van der Waals surface area contributed by atoms with Crippen molar-refractivity contribution in [2.24, 2.45) is 18.9 Å². The van der Waals surface area contributed by atoms with Crippen molar-refractivity contribution >= 4 is 34.2 Å². The molecule has 0 radical (unpaired) electrons. The number of amides is 1. The maximum Gasteiger partial charge on any atom is 0.274 e. The number of anilines is 1. The summed E-state index contributed by atoms with van der Waals surface area (Å²) < 4.78 is 7.72. The molecular weight excluding hydrogens is 752 g/mol. The van der Waals surface area contributed by atoms with Gasteiger partial charge in [-0.3, -0.25) is 14.5 Å². The van der Waals surface area contributed by atoms with E-state index in [0.29, 0.717) is 39.4 Å². The Balaban J connectivity index is 0.789. The van der Waals surface area contributed by atoms with Crippen LogP contribution in [-0.4, -0.2) is 74.0 Å². The van der Waals surface area contributed by atoms with E-state index in [9.17, 15) is 14.7 Å². The lowest BCUT2D eigenvalue weighted by molar-refractivity contribution is 0.0706. The van der Waals surface area contributed by atoms with Gasteiger partial charge in [0.2, 0.25) is 0 Å². The highest BCUT2D eigenvalue weighted by atomic mass is 35.5. The summed E-state index contributed by atoms with van der Waals surface area (Å²) in [6.07, 6.45) is 10.4. The van der Waals surface area contributed by atoms with Crippen LogP contribution in [0.3, 0.4) is 0 Å². The van der Waals surface area contributed by atoms with Crippen LogP contribution in [0.1, 0.15) is 86.0 Å². The number of nitrogens with one attached hydrogen (secondary N) is 2. The smallest absolute Gasteiger partial charge is 0.274 e. The lowest BCUT2D eigenvalue weighted by atomic mass is 9.83. The first-order valence-electron chi connectivity index (χ1n) is 20.4. The summed E-state index contributed by atoms with van der Waals surface area (Å²) in [7, 11) is 1.78. The average Bonchev–Trinajstić information content (AvgIpc) is 3.70.